The summed E-state index contributed by atoms with van der Waals surface area (Å²) in [5.41, 5.74) is 1.52. The number of rotatable bonds is 6. The van der Waals surface area contributed by atoms with Gasteiger partial charge in [0.1, 0.15) is 5.75 Å². The number of benzene rings is 2. The highest BCUT2D eigenvalue weighted by Crippen LogP contribution is 2.31. The molecule has 0 N–H and O–H groups in total. The van der Waals surface area contributed by atoms with Crippen LogP contribution >= 0.6 is 34.8 Å². The maximum absolute atomic E-state index is 6.36. The van der Waals surface area contributed by atoms with Gasteiger partial charge in [-0.15, -0.1) is 0 Å². The van der Waals surface area contributed by atoms with Crippen molar-refractivity contribution >= 4 is 46.3 Å². The van der Waals surface area contributed by atoms with Gasteiger partial charge in [-0.1, -0.05) is 34.8 Å². The summed E-state index contributed by atoms with van der Waals surface area (Å²) >= 11 is 18.2. The molecule has 26 heavy (non-hydrogen) atoms. The van der Waals surface area contributed by atoms with Crippen molar-refractivity contribution < 1.29 is 9.47 Å². The first-order valence-corrected chi connectivity index (χ1v) is 8.84. The minimum Gasteiger partial charge on any atom is -0.457 e. The van der Waals surface area contributed by atoms with Gasteiger partial charge in [0.2, 0.25) is 6.79 Å². The molecular weight excluding hydrogens is 395 g/mol. The molecule has 134 valence electrons. The summed E-state index contributed by atoms with van der Waals surface area (Å²) in [5, 5.41) is 1.68. The molecule has 4 nitrogen and oxygen atoms in total. The summed E-state index contributed by atoms with van der Waals surface area (Å²) in [6.07, 6.45) is 5.19. The van der Waals surface area contributed by atoms with E-state index in [0.717, 1.165) is 5.70 Å². The van der Waals surface area contributed by atoms with E-state index in [1.54, 1.807) is 48.9 Å². The summed E-state index contributed by atoms with van der Waals surface area (Å²) in [6, 6.07) is 12.3. The van der Waals surface area contributed by atoms with Crippen LogP contribution in [0.3, 0.4) is 0 Å². The predicted octanol–water partition coefficient (Wildman–Crippen LogP) is 6.24. The number of nitrogens with zero attached hydrogens (tertiary/aromatic N) is 2. The van der Waals surface area contributed by atoms with Crippen LogP contribution in [0.15, 0.2) is 61.2 Å². The molecule has 0 aliphatic heterocycles. The molecule has 0 saturated heterocycles. The summed E-state index contributed by atoms with van der Waals surface area (Å²) in [5.74, 6) is 1.22. The molecule has 1 heterocycles. The third kappa shape index (κ3) is 4.52. The second kappa shape index (κ2) is 8.49. The average Bonchev–Trinajstić information content (AvgIpc) is 3.15. The lowest BCUT2D eigenvalue weighted by molar-refractivity contribution is 0.0954. The number of allylic oxidation sites excluding steroid dienone is 1. The maximum Gasteiger partial charge on any atom is 0.231 e. The van der Waals surface area contributed by atoms with E-state index in [0.29, 0.717) is 32.1 Å². The first-order valence-electron chi connectivity index (χ1n) is 7.70. The van der Waals surface area contributed by atoms with Gasteiger partial charge in [-0.2, -0.15) is 0 Å². The Balaban J connectivity index is 1.86. The monoisotopic (exact) mass is 408 g/mol. The average molecular weight is 410 g/mol. The Labute approximate surface area is 166 Å². The van der Waals surface area contributed by atoms with Crippen molar-refractivity contribution in [1.29, 1.82) is 0 Å². The lowest BCUT2D eigenvalue weighted by Crippen LogP contribution is -2.06. The summed E-state index contributed by atoms with van der Waals surface area (Å²) in [7, 11) is 0. The molecule has 1 aromatic heterocycles. The van der Waals surface area contributed by atoms with E-state index in [1.165, 1.54) is 0 Å². The van der Waals surface area contributed by atoms with Gasteiger partial charge in [-0.3, -0.25) is 0 Å². The van der Waals surface area contributed by atoms with E-state index >= 15 is 0 Å². The van der Waals surface area contributed by atoms with Crippen molar-refractivity contribution in [2.75, 3.05) is 6.79 Å². The van der Waals surface area contributed by atoms with E-state index in [2.05, 4.69) is 4.98 Å². The maximum atomic E-state index is 6.36. The molecule has 2 aromatic carbocycles. The minimum atomic E-state index is 0.00194. The van der Waals surface area contributed by atoms with Gasteiger partial charge in [-0.25, -0.2) is 4.98 Å². The van der Waals surface area contributed by atoms with Crippen LogP contribution in [-0.2, 0) is 4.74 Å². The van der Waals surface area contributed by atoms with E-state index in [-0.39, 0.29) is 6.79 Å². The first-order chi connectivity index (χ1) is 12.5. The highest BCUT2D eigenvalue weighted by atomic mass is 35.5. The quantitative estimate of drug-likeness (QED) is 0.357. The highest BCUT2D eigenvalue weighted by molar-refractivity contribution is 6.35. The second-order valence-corrected chi connectivity index (χ2v) is 6.65. The zero-order chi connectivity index (χ0) is 18.5. The topological polar surface area (TPSA) is 36.3 Å². The smallest absolute Gasteiger partial charge is 0.231 e. The lowest BCUT2D eigenvalue weighted by Gasteiger charge is -2.17. The fourth-order valence-electron chi connectivity index (χ4n) is 2.31. The third-order valence-corrected chi connectivity index (χ3v) is 4.44. The Morgan fingerprint density at radius 2 is 1.77 bits per heavy atom. The highest BCUT2D eigenvalue weighted by Gasteiger charge is 2.14. The van der Waals surface area contributed by atoms with Crippen molar-refractivity contribution in [3.05, 3.63) is 81.8 Å². The van der Waals surface area contributed by atoms with Gasteiger partial charge in [0.25, 0.3) is 0 Å². The van der Waals surface area contributed by atoms with Gasteiger partial charge >= 0.3 is 0 Å². The summed E-state index contributed by atoms with van der Waals surface area (Å²) < 4.78 is 13.4. The van der Waals surface area contributed by atoms with Crippen LogP contribution < -0.4 is 4.74 Å². The van der Waals surface area contributed by atoms with Gasteiger partial charge in [-0.05, 0) is 49.4 Å². The number of aromatic nitrogens is 2. The molecule has 0 spiro atoms. The molecule has 0 aliphatic rings. The number of halogens is 3. The number of hydrogen-bond acceptors (Lipinski definition) is 3. The van der Waals surface area contributed by atoms with Crippen LogP contribution in [0.25, 0.3) is 11.5 Å². The van der Waals surface area contributed by atoms with Crippen LogP contribution in [0.5, 0.6) is 5.75 Å². The molecule has 0 fully saturated rings. The SMILES string of the molecule is C/C(=C(/OCOc1ccc(Cl)cc1)c1ccc(Cl)cc1Cl)n1ccnc1. The fourth-order valence-corrected chi connectivity index (χ4v) is 2.93. The molecule has 0 unspecified atom stereocenters. The van der Waals surface area contributed by atoms with E-state index in [9.17, 15) is 0 Å². The Hall–Kier alpha value is -2.14. The molecule has 0 bridgehead atoms. The zero-order valence-corrected chi connectivity index (χ0v) is 16.1. The van der Waals surface area contributed by atoms with E-state index in [1.807, 2.05) is 23.8 Å². The summed E-state index contributed by atoms with van der Waals surface area (Å²) in [6.45, 7) is 1.91. The predicted molar refractivity (Wildman–Crippen MR) is 106 cm³/mol. The molecule has 0 saturated carbocycles. The van der Waals surface area contributed by atoms with Crippen LogP contribution in [0.4, 0.5) is 0 Å². The Morgan fingerprint density at radius 3 is 2.42 bits per heavy atom. The normalized spacial score (nSPS) is 11.8. The largest absolute Gasteiger partial charge is 0.457 e. The number of ether oxygens (including phenoxy) is 2. The molecular formula is C19H15Cl3N2O2. The van der Waals surface area contributed by atoms with Crippen LogP contribution in [0.2, 0.25) is 15.1 Å². The van der Waals surface area contributed by atoms with Crippen molar-refractivity contribution in [3.8, 4) is 5.75 Å². The molecule has 0 atom stereocenters. The third-order valence-electron chi connectivity index (χ3n) is 3.64. The van der Waals surface area contributed by atoms with Crippen LogP contribution in [0, 0.1) is 0 Å². The van der Waals surface area contributed by atoms with Gasteiger partial charge < -0.3 is 14.0 Å². The standard InChI is InChI=1S/C19H15Cl3N2O2/c1-13(24-9-8-23-11-24)19(17-7-4-15(21)10-18(17)22)26-12-25-16-5-2-14(20)3-6-16/h2-11H,12H2,1H3/b19-13-. The number of imidazole rings is 1. The van der Waals surface area contributed by atoms with E-state index in [4.69, 9.17) is 44.3 Å². The van der Waals surface area contributed by atoms with Crippen molar-refractivity contribution in [1.82, 2.24) is 9.55 Å². The fraction of sp³-hybridized carbons (Fsp3) is 0.105. The summed E-state index contributed by atoms with van der Waals surface area (Å²) in [4.78, 5) is 4.07. The molecule has 0 aliphatic carbocycles. The zero-order valence-electron chi connectivity index (χ0n) is 13.8. The molecule has 0 radical (unpaired) electrons. The molecule has 3 aromatic rings. The Kier molecular flexibility index (Phi) is 6.09. The first kappa shape index (κ1) is 18.6. The molecule has 7 heteroatoms. The second-order valence-electron chi connectivity index (χ2n) is 5.37. The number of hydrogen-bond donors (Lipinski definition) is 0. The molecule has 3 rings (SSSR count). The Morgan fingerprint density at radius 1 is 1.04 bits per heavy atom. The van der Waals surface area contributed by atoms with Gasteiger partial charge in [0.15, 0.2) is 5.76 Å². The van der Waals surface area contributed by atoms with Gasteiger partial charge in [0.05, 0.1) is 17.0 Å². The molecule has 0 amide bonds. The van der Waals surface area contributed by atoms with Gasteiger partial charge in [0, 0.05) is 28.0 Å². The Bertz CT molecular complexity index is 907. The van der Waals surface area contributed by atoms with Crippen LogP contribution in [-0.4, -0.2) is 16.3 Å². The van der Waals surface area contributed by atoms with Crippen LogP contribution in [0.1, 0.15) is 12.5 Å². The van der Waals surface area contributed by atoms with Crippen molar-refractivity contribution in [3.63, 3.8) is 0 Å². The van der Waals surface area contributed by atoms with Crippen molar-refractivity contribution in [2.45, 2.75) is 6.92 Å². The van der Waals surface area contributed by atoms with Crippen molar-refractivity contribution in [2.24, 2.45) is 0 Å². The minimum absolute atomic E-state index is 0.00194. The van der Waals surface area contributed by atoms with E-state index < -0.39 is 0 Å². The lowest BCUT2D eigenvalue weighted by atomic mass is 10.1.